The topological polar surface area (TPSA) is 86.2 Å². The Balaban J connectivity index is 2.18. The predicted molar refractivity (Wildman–Crippen MR) is 152 cm³/mol. The highest BCUT2D eigenvalue weighted by Crippen LogP contribution is 2.33. The molecular weight excluding hydrogens is 489 g/mol. The second-order valence-corrected chi connectivity index (χ2v) is 10.6. The van der Waals surface area contributed by atoms with Crippen LogP contribution in [0.2, 0.25) is 0 Å². The summed E-state index contributed by atoms with van der Waals surface area (Å²) in [6, 6.07) is 7.85. The molecule has 0 heterocycles. The van der Waals surface area contributed by atoms with Crippen molar-refractivity contribution < 1.29 is 28.2 Å². The summed E-state index contributed by atoms with van der Waals surface area (Å²) >= 11 is 0. The van der Waals surface area contributed by atoms with Crippen LogP contribution in [0, 0.1) is 0 Å². The average molecular weight is 542 g/mol. The molecule has 0 bridgehead atoms. The summed E-state index contributed by atoms with van der Waals surface area (Å²) in [7, 11) is -0.131. The lowest BCUT2D eigenvalue weighted by Gasteiger charge is -2.19. The molecule has 214 valence electrons. The Morgan fingerprint density at radius 3 is 2.03 bits per heavy atom. The Morgan fingerprint density at radius 1 is 0.865 bits per heavy atom. The van der Waals surface area contributed by atoms with Crippen molar-refractivity contribution in [2.24, 2.45) is 0 Å². The summed E-state index contributed by atoms with van der Waals surface area (Å²) in [6.45, 7) is 5.65. The zero-order chi connectivity index (χ0) is 27.0. The van der Waals surface area contributed by atoms with Gasteiger partial charge in [-0.25, -0.2) is 0 Å². The Labute approximate surface area is 227 Å². The minimum Gasteiger partial charge on any atom is -0.494 e. The van der Waals surface area contributed by atoms with E-state index in [-0.39, 0.29) is 12.6 Å². The molecular formula is C29H52NO6P. The normalized spacial score (nSPS) is 12.9. The van der Waals surface area contributed by atoms with E-state index >= 15 is 0 Å². The van der Waals surface area contributed by atoms with E-state index in [1.165, 1.54) is 77.6 Å². The fourth-order valence-electron chi connectivity index (χ4n) is 4.06. The van der Waals surface area contributed by atoms with Crippen molar-refractivity contribution in [1.82, 2.24) is 5.32 Å². The Bertz CT molecular complexity index is 660. The van der Waals surface area contributed by atoms with E-state index in [9.17, 15) is 9.69 Å². The highest BCUT2D eigenvalue weighted by atomic mass is 31.2. The SMILES string of the molecule is CCCCCCCCCCCCCCOc1ccc(CC(COP(O)OCCCNC)OC(C)=O)cc1. The molecule has 1 aromatic rings. The highest BCUT2D eigenvalue weighted by Gasteiger charge is 2.17. The van der Waals surface area contributed by atoms with Gasteiger partial charge in [0.15, 0.2) is 0 Å². The zero-order valence-electron chi connectivity index (χ0n) is 23.6. The fourth-order valence-corrected chi connectivity index (χ4v) is 4.72. The lowest BCUT2D eigenvalue weighted by atomic mass is 10.1. The highest BCUT2D eigenvalue weighted by molar-refractivity contribution is 7.40. The maximum Gasteiger partial charge on any atom is 0.329 e. The van der Waals surface area contributed by atoms with Gasteiger partial charge in [0, 0.05) is 13.3 Å². The van der Waals surface area contributed by atoms with E-state index in [4.69, 9.17) is 18.5 Å². The molecule has 0 aliphatic rings. The van der Waals surface area contributed by atoms with Crippen LogP contribution in [-0.2, 0) is 25.0 Å². The van der Waals surface area contributed by atoms with Crippen molar-refractivity contribution in [2.75, 3.05) is 33.4 Å². The third-order valence-corrected chi connectivity index (χ3v) is 6.90. The van der Waals surface area contributed by atoms with Crippen molar-refractivity contribution in [3.8, 4) is 5.75 Å². The van der Waals surface area contributed by atoms with Gasteiger partial charge in [0.05, 0.1) is 19.8 Å². The summed E-state index contributed by atoms with van der Waals surface area (Å²) in [5.41, 5.74) is 1.00. The Morgan fingerprint density at radius 2 is 1.46 bits per heavy atom. The van der Waals surface area contributed by atoms with E-state index in [0.29, 0.717) is 13.0 Å². The second kappa shape index (κ2) is 23.8. The second-order valence-electron chi connectivity index (χ2n) is 9.64. The van der Waals surface area contributed by atoms with Crippen LogP contribution < -0.4 is 10.1 Å². The van der Waals surface area contributed by atoms with Gasteiger partial charge in [-0.3, -0.25) is 4.79 Å². The van der Waals surface area contributed by atoms with E-state index in [2.05, 4.69) is 12.2 Å². The Kier molecular flexibility index (Phi) is 21.8. The van der Waals surface area contributed by atoms with E-state index in [1.54, 1.807) is 0 Å². The molecule has 1 rings (SSSR count). The average Bonchev–Trinajstić information content (AvgIpc) is 2.88. The maximum atomic E-state index is 11.5. The van der Waals surface area contributed by atoms with Gasteiger partial charge in [-0.05, 0) is 44.1 Å². The number of ether oxygens (including phenoxy) is 2. The first-order chi connectivity index (χ1) is 18.0. The molecule has 0 radical (unpaired) electrons. The number of carbonyl (C=O) groups excluding carboxylic acids is 1. The molecule has 0 saturated carbocycles. The van der Waals surface area contributed by atoms with Gasteiger partial charge < -0.3 is 28.7 Å². The molecule has 0 amide bonds. The number of carbonyl (C=O) groups is 1. The molecule has 0 spiro atoms. The summed E-state index contributed by atoms with van der Waals surface area (Å²) in [6.07, 6.45) is 16.7. The first-order valence-corrected chi connectivity index (χ1v) is 15.5. The molecule has 2 atom stereocenters. The van der Waals surface area contributed by atoms with E-state index in [0.717, 1.165) is 37.3 Å². The van der Waals surface area contributed by atoms with Crippen molar-refractivity contribution in [2.45, 2.75) is 110 Å². The quantitative estimate of drug-likeness (QED) is 0.0775. The third kappa shape index (κ3) is 20.4. The van der Waals surface area contributed by atoms with Crippen molar-refractivity contribution in [1.29, 1.82) is 0 Å². The smallest absolute Gasteiger partial charge is 0.329 e. The number of hydrogen-bond donors (Lipinski definition) is 2. The number of benzene rings is 1. The fraction of sp³-hybridized carbons (Fsp3) is 0.759. The molecule has 7 nitrogen and oxygen atoms in total. The molecule has 0 aliphatic heterocycles. The van der Waals surface area contributed by atoms with E-state index in [1.807, 2.05) is 31.3 Å². The molecule has 0 saturated heterocycles. The number of hydrogen-bond acceptors (Lipinski definition) is 7. The summed E-state index contributed by atoms with van der Waals surface area (Å²) in [5, 5.41) is 3.02. The molecule has 0 aromatic heterocycles. The Hall–Kier alpha value is -1.24. The molecule has 0 fully saturated rings. The third-order valence-electron chi connectivity index (χ3n) is 6.13. The largest absolute Gasteiger partial charge is 0.494 e. The van der Waals surface area contributed by atoms with Gasteiger partial charge in [0.1, 0.15) is 11.9 Å². The predicted octanol–water partition coefficient (Wildman–Crippen LogP) is 7.10. The van der Waals surface area contributed by atoms with Crippen LogP contribution in [0.4, 0.5) is 0 Å². The van der Waals surface area contributed by atoms with Crippen LogP contribution in [0.15, 0.2) is 24.3 Å². The van der Waals surface area contributed by atoms with E-state index < -0.39 is 14.7 Å². The lowest BCUT2D eigenvalue weighted by Crippen LogP contribution is -2.24. The van der Waals surface area contributed by atoms with Crippen LogP contribution in [0.1, 0.15) is 103 Å². The van der Waals surface area contributed by atoms with Gasteiger partial charge in [-0.2, -0.15) is 0 Å². The van der Waals surface area contributed by atoms with Crippen LogP contribution in [0.3, 0.4) is 0 Å². The van der Waals surface area contributed by atoms with Gasteiger partial charge in [-0.1, -0.05) is 89.7 Å². The number of rotatable bonds is 25. The molecule has 1 aromatic carbocycles. The number of unbranched alkanes of at least 4 members (excludes halogenated alkanes) is 11. The van der Waals surface area contributed by atoms with Gasteiger partial charge in [0.2, 0.25) is 0 Å². The number of nitrogens with one attached hydrogen (secondary N) is 1. The molecule has 37 heavy (non-hydrogen) atoms. The zero-order valence-corrected chi connectivity index (χ0v) is 24.4. The van der Waals surface area contributed by atoms with Crippen LogP contribution in [0.5, 0.6) is 5.75 Å². The maximum absolute atomic E-state index is 11.5. The summed E-state index contributed by atoms with van der Waals surface area (Å²) < 4.78 is 21.9. The monoisotopic (exact) mass is 541 g/mol. The van der Waals surface area contributed by atoms with Gasteiger partial charge in [-0.15, -0.1) is 0 Å². The van der Waals surface area contributed by atoms with Gasteiger partial charge in [0.25, 0.3) is 0 Å². The minimum atomic E-state index is -1.99. The number of esters is 1. The van der Waals surface area contributed by atoms with Crippen LogP contribution >= 0.6 is 8.60 Å². The molecule has 8 heteroatoms. The van der Waals surface area contributed by atoms with Gasteiger partial charge >= 0.3 is 14.6 Å². The first-order valence-electron chi connectivity index (χ1n) is 14.3. The van der Waals surface area contributed by atoms with Crippen molar-refractivity contribution in [3.05, 3.63) is 29.8 Å². The van der Waals surface area contributed by atoms with Crippen LogP contribution in [0.25, 0.3) is 0 Å². The molecule has 2 unspecified atom stereocenters. The lowest BCUT2D eigenvalue weighted by molar-refractivity contribution is -0.147. The standard InChI is InChI=1S/C29H52NO6P/c1-4-5-6-7-8-9-10-11-12-13-14-15-22-33-28-19-17-27(18-20-28)24-29(36-26(2)31)25-35-37(32)34-23-16-21-30-3/h17-20,29-30,32H,4-16,21-25H2,1-3H3. The molecule has 0 aliphatic carbocycles. The van der Waals surface area contributed by atoms with Crippen molar-refractivity contribution in [3.63, 3.8) is 0 Å². The van der Waals surface area contributed by atoms with Crippen LogP contribution in [-0.4, -0.2) is 50.4 Å². The van der Waals surface area contributed by atoms with Crippen molar-refractivity contribution >= 4 is 14.6 Å². The minimum absolute atomic E-state index is 0.0744. The summed E-state index contributed by atoms with van der Waals surface area (Å²) in [4.78, 5) is 21.4. The molecule has 2 N–H and O–H groups in total. The summed E-state index contributed by atoms with van der Waals surface area (Å²) in [5.74, 6) is 0.467. The first kappa shape index (κ1) is 33.8.